The standard InChI is InChI=1S/C70H109N9O12S/c1-15-46(8)63(59(89-13)41-60(83)79-35-22-27-55(79)64(90-14)48(10)56(80)39-52(67-73-34-36-92-67)37-49-24-17-16-18-25-49)77(11)68(86)54(43(2)3)40-58(82)62(45(6)7)78(12)70(88)91-42-50-28-30-53(31-29-50)75-66(85)51(26-21-33-74-69(72)87)38-57(81)61(44(4)5)76-65(84)47(9)23-19-20-32-71/h16-18,24-25,28-31,34,36,43-48,51-52,54-55,59,61-64H,15,19-23,26-27,32-33,35,37-42,71H2,1-14H3,(H,75,85)(H,76,84)(H3,72,74,87)/t46-,47?,48-,51?,52+,54-,55-,59+,61-,62-,63-,64+/m0/s1. The number of carbonyl (C=O) groups excluding carboxylic acids is 9. The molecule has 1 fully saturated rings. The maximum Gasteiger partial charge on any atom is 0.410 e. The molecule has 2 unspecified atom stereocenters. The molecule has 512 valence electrons. The van der Waals surface area contributed by atoms with Crippen molar-refractivity contribution < 1.29 is 57.4 Å². The number of carbonyl (C=O) groups is 9. The van der Waals surface area contributed by atoms with Crippen molar-refractivity contribution >= 4 is 70.1 Å². The van der Waals surface area contributed by atoms with Crippen LogP contribution in [0, 0.1) is 47.3 Å². The van der Waals surface area contributed by atoms with E-state index in [1.807, 2.05) is 97.7 Å². The molecular weight excluding hydrogens is 1190 g/mol. The number of nitrogens with two attached hydrogens (primary N) is 2. The number of thiazole rings is 1. The van der Waals surface area contributed by atoms with E-state index in [2.05, 4.69) is 33.1 Å². The van der Waals surface area contributed by atoms with E-state index < -0.39 is 66.1 Å². The number of hydrogen-bond acceptors (Lipinski definition) is 15. The molecule has 12 atom stereocenters. The van der Waals surface area contributed by atoms with Crippen molar-refractivity contribution in [2.24, 2.45) is 58.8 Å². The fraction of sp³-hybridized carbons (Fsp3) is 0.657. The maximum atomic E-state index is 14.9. The quantitative estimate of drug-likeness (QED) is 0.0331. The van der Waals surface area contributed by atoms with E-state index >= 15 is 0 Å². The minimum atomic E-state index is -0.946. The van der Waals surface area contributed by atoms with Crippen molar-refractivity contribution in [3.05, 3.63) is 82.3 Å². The van der Waals surface area contributed by atoms with Crippen molar-refractivity contribution in [1.29, 1.82) is 0 Å². The number of likely N-dealkylation sites (tertiary alicyclic amines) is 1. The van der Waals surface area contributed by atoms with Crippen molar-refractivity contribution in [2.45, 2.75) is 202 Å². The van der Waals surface area contributed by atoms with Crippen molar-refractivity contribution in [3.63, 3.8) is 0 Å². The van der Waals surface area contributed by atoms with E-state index in [-0.39, 0.29) is 122 Å². The molecule has 7 N–H and O–H groups in total. The Labute approximate surface area is 551 Å². The van der Waals surface area contributed by atoms with Crippen LogP contribution in [0.15, 0.2) is 66.2 Å². The third kappa shape index (κ3) is 23.4. The molecule has 21 nitrogen and oxygen atoms in total. The second-order valence-electron chi connectivity index (χ2n) is 26.3. The number of hydrogen-bond donors (Lipinski definition) is 5. The summed E-state index contributed by atoms with van der Waals surface area (Å²) in [6.07, 6.45) is 5.21. The Morgan fingerprint density at radius 2 is 1.43 bits per heavy atom. The van der Waals surface area contributed by atoms with Gasteiger partial charge in [0.05, 0.1) is 47.8 Å². The summed E-state index contributed by atoms with van der Waals surface area (Å²) in [6, 6.07) is 13.3. The summed E-state index contributed by atoms with van der Waals surface area (Å²) >= 11 is 1.54. The summed E-state index contributed by atoms with van der Waals surface area (Å²) in [5.74, 6) is -5.22. The van der Waals surface area contributed by atoms with Gasteiger partial charge in [-0.05, 0) is 98.4 Å². The number of rotatable bonds is 41. The molecule has 0 radical (unpaired) electrons. The van der Waals surface area contributed by atoms with E-state index in [1.165, 1.54) is 11.9 Å². The number of anilines is 1. The van der Waals surface area contributed by atoms with Crippen molar-refractivity contribution in [2.75, 3.05) is 53.3 Å². The van der Waals surface area contributed by atoms with E-state index in [9.17, 15) is 43.2 Å². The predicted octanol–water partition coefficient (Wildman–Crippen LogP) is 9.74. The number of nitrogens with zero attached hydrogens (tertiary/aromatic N) is 4. The molecule has 2 aromatic carbocycles. The number of nitrogens with one attached hydrogen (secondary N) is 3. The number of unbranched alkanes of at least 4 members (excludes halogenated alkanes) is 1. The summed E-state index contributed by atoms with van der Waals surface area (Å²) in [4.78, 5) is 134. The van der Waals surface area contributed by atoms with Gasteiger partial charge in [-0.1, -0.05) is 125 Å². The minimum Gasteiger partial charge on any atom is -0.445 e. The smallest absolute Gasteiger partial charge is 0.410 e. The monoisotopic (exact) mass is 1300 g/mol. The fourth-order valence-corrected chi connectivity index (χ4v) is 13.5. The van der Waals surface area contributed by atoms with Gasteiger partial charge in [-0.25, -0.2) is 14.6 Å². The summed E-state index contributed by atoms with van der Waals surface area (Å²) in [7, 11) is 6.35. The van der Waals surface area contributed by atoms with Gasteiger partial charge in [0.2, 0.25) is 23.6 Å². The summed E-state index contributed by atoms with van der Waals surface area (Å²) in [6.45, 7) is 19.9. The molecule has 0 saturated carbocycles. The first-order valence-electron chi connectivity index (χ1n) is 33.2. The predicted molar refractivity (Wildman–Crippen MR) is 359 cm³/mol. The second kappa shape index (κ2) is 39.2. The average Bonchev–Trinajstić information content (AvgIpc) is 1.40. The maximum absolute atomic E-state index is 14.9. The molecule has 0 bridgehead atoms. The first kappa shape index (κ1) is 77.8. The first-order valence-corrected chi connectivity index (χ1v) is 34.0. The molecule has 1 saturated heterocycles. The Balaban J connectivity index is 1.41. The lowest BCUT2D eigenvalue weighted by atomic mass is 9.83. The van der Waals surface area contributed by atoms with E-state index in [0.717, 1.165) is 29.8 Å². The van der Waals surface area contributed by atoms with Gasteiger partial charge in [0, 0.05) is 108 Å². The van der Waals surface area contributed by atoms with Gasteiger partial charge in [-0.2, -0.15) is 0 Å². The number of ether oxygens (including phenoxy) is 3. The van der Waals surface area contributed by atoms with Gasteiger partial charge in [-0.3, -0.25) is 33.6 Å². The zero-order valence-corrected chi connectivity index (χ0v) is 58.1. The lowest BCUT2D eigenvalue weighted by Gasteiger charge is -2.41. The van der Waals surface area contributed by atoms with Crippen LogP contribution in [0.25, 0.3) is 0 Å². The highest BCUT2D eigenvalue weighted by molar-refractivity contribution is 7.09. The van der Waals surface area contributed by atoms with E-state index in [4.69, 9.17) is 25.7 Å². The third-order valence-corrected chi connectivity index (χ3v) is 19.4. The van der Waals surface area contributed by atoms with Crippen LogP contribution >= 0.6 is 11.3 Å². The number of ketones is 3. The lowest BCUT2D eigenvalue weighted by molar-refractivity contribution is -0.149. The molecule has 7 amide bonds. The summed E-state index contributed by atoms with van der Waals surface area (Å²) in [5.41, 5.74) is 13.0. The molecular formula is C70H109N9O12S. The SMILES string of the molecule is CC[C@H](C)[C@@H]([C@@H](CC(=O)N1CCC[C@H]1[C@H](OC)[C@@H](C)C(=O)C[C@@H](Cc1ccccc1)c1nccs1)OC)N(C)C(=O)[C@@H](CC(=O)[C@H](C(C)C)N(C)C(=O)OCc1ccc(NC(=O)C(CCCNC(N)=O)CC(=O)[C@@H](NC(=O)C(C)CCCCN)C(C)C)cc1)C(C)C. The lowest BCUT2D eigenvalue weighted by Crippen LogP contribution is -2.54. The van der Waals surface area contributed by atoms with Gasteiger partial charge >= 0.3 is 12.1 Å². The molecule has 1 aliphatic heterocycles. The highest BCUT2D eigenvalue weighted by Crippen LogP contribution is 2.34. The van der Waals surface area contributed by atoms with E-state index in [1.54, 1.807) is 68.0 Å². The summed E-state index contributed by atoms with van der Waals surface area (Å²) < 4.78 is 18.0. The number of amides is 7. The number of Topliss-reactive ketones (excluding diaryl/α,β-unsaturated/α-hetero) is 3. The van der Waals surface area contributed by atoms with Crippen molar-refractivity contribution in [3.8, 4) is 0 Å². The van der Waals surface area contributed by atoms with Crippen LogP contribution in [-0.2, 0) is 60.8 Å². The zero-order chi connectivity index (χ0) is 68.4. The summed E-state index contributed by atoms with van der Waals surface area (Å²) in [5, 5.41) is 11.1. The fourth-order valence-electron chi connectivity index (χ4n) is 12.8. The molecule has 22 heteroatoms. The number of aromatic nitrogens is 1. The molecule has 92 heavy (non-hydrogen) atoms. The number of urea groups is 1. The second-order valence-corrected chi connectivity index (χ2v) is 27.2. The van der Waals surface area contributed by atoms with Gasteiger partial charge in [0.25, 0.3) is 0 Å². The number of primary amides is 1. The topological polar surface area (TPSA) is 292 Å². The van der Waals surface area contributed by atoms with Crippen LogP contribution in [0.4, 0.5) is 15.3 Å². The average molecular weight is 1300 g/mol. The largest absolute Gasteiger partial charge is 0.445 e. The molecule has 2 heterocycles. The Hall–Kier alpha value is -6.62. The molecule has 3 aromatic rings. The molecule has 0 spiro atoms. The number of methoxy groups -OCH3 is 2. The number of likely N-dealkylation sites (N-methyl/N-ethyl adjacent to an activating group) is 2. The molecule has 1 aromatic heterocycles. The highest BCUT2D eigenvalue weighted by Gasteiger charge is 2.44. The van der Waals surface area contributed by atoms with Gasteiger partial charge in [0.1, 0.15) is 12.4 Å². The van der Waals surface area contributed by atoms with Gasteiger partial charge < -0.3 is 56.3 Å². The Kier molecular flexibility index (Phi) is 33.1. The van der Waals surface area contributed by atoms with Crippen LogP contribution in [0.1, 0.15) is 168 Å². The van der Waals surface area contributed by atoms with Crippen LogP contribution in [0.2, 0.25) is 0 Å². The van der Waals surface area contributed by atoms with Crippen LogP contribution in [0.5, 0.6) is 0 Å². The zero-order valence-electron chi connectivity index (χ0n) is 57.3. The Morgan fingerprint density at radius 1 is 0.750 bits per heavy atom. The van der Waals surface area contributed by atoms with Gasteiger partial charge in [0.15, 0.2) is 11.6 Å². The van der Waals surface area contributed by atoms with E-state index in [0.29, 0.717) is 56.4 Å². The molecule has 4 rings (SSSR count). The minimum absolute atomic E-state index is 0.0285. The van der Waals surface area contributed by atoms with Crippen LogP contribution < -0.4 is 27.4 Å². The molecule has 0 aliphatic carbocycles. The van der Waals surface area contributed by atoms with Crippen LogP contribution in [0.3, 0.4) is 0 Å². The molecule has 1 aliphatic rings. The van der Waals surface area contributed by atoms with Gasteiger partial charge in [-0.15, -0.1) is 11.3 Å². The highest BCUT2D eigenvalue weighted by atomic mass is 32.1. The normalized spacial score (nSPS) is 16.9. The third-order valence-electron chi connectivity index (χ3n) is 18.4. The Bertz CT molecular complexity index is 2800. The van der Waals surface area contributed by atoms with Crippen molar-refractivity contribution in [1.82, 2.24) is 30.3 Å². The Morgan fingerprint density at radius 3 is 2.01 bits per heavy atom. The first-order chi connectivity index (χ1) is 43.7. The van der Waals surface area contributed by atoms with Crippen LogP contribution in [-0.4, -0.2) is 157 Å². The number of benzene rings is 2.